The molecule has 1 atom stereocenters. The summed E-state index contributed by atoms with van der Waals surface area (Å²) in [5.74, 6) is -0.626. The van der Waals surface area contributed by atoms with Crippen molar-refractivity contribution in [2.75, 3.05) is 12.8 Å². The summed E-state index contributed by atoms with van der Waals surface area (Å²) in [6.07, 6.45) is 0.159. The lowest BCUT2D eigenvalue weighted by Gasteiger charge is -2.26. The van der Waals surface area contributed by atoms with Gasteiger partial charge in [0.05, 0.1) is 17.1 Å². The Bertz CT molecular complexity index is 948. The summed E-state index contributed by atoms with van der Waals surface area (Å²) in [6, 6.07) is 4.84. The molecule has 1 aromatic rings. The highest BCUT2D eigenvalue weighted by Gasteiger charge is 2.28. The van der Waals surface area contributed by atoms with Crippen LogP contribution < -0.4 is 10.1 Å². The predicted octanol–water partition coefficient (Wildman–Crippen LogP) is 4.13. The van der Waals surface area contributed by atoms with E-state index in [-0.39, 0.29) is 24.4 Å². The Morgan fingerprint density at radius 2 is 1.48 bits per heavy atom. The number of hydrogen-bond donors (Lipinski definition) is 1. The Balaban J connectivity index is 3.38. The van der Waals surface area contributed by atoms with Crippen molar-refractivity contribution in [1.29, 1.82) is 0 Å². The van der Waals surface area contributed by atoms with Crippen molar-refractivity contribution < 1.29 is 31.7 Å². The topological polar surface area (TPSA) is 108 Å². The monoisotopic (exact) mass is 485 g/mol. The fourth-order valence-electron chi connectivity index (χ4n) is 2.44. The summed E-state index contributed by atoms with van der Waals surface area (Å²) in [6.45, 7) is 16.4. The summed E-state index contributed by atoms with van der Waals surface area (Å²) in [4.78, 5) is 24.8. The number of nitrogens with one attached hydrogen (secondary N) is 1. The largest absolute Gasteiger partial charge is 0.460 e. The molecule has 1 rings (SSSR count). The van der Waals surface area contributed by atoms with Gasteiger partial charge in [-0.15, -0.1) is 0 Å². The van der Waals surface area contributed by atoms with E-state index < -0.39 is 39.0 Å². The van der Waals surface area contributed by atoms with Crippen molar-refractivity contribution >= 4 is 22.1 Å². The highest BCUT2D eigenvalue weighted by atomic mass is 32.2. The molecule has 1 N–H and O–H groups in total. The van der Waals surface area contributed by atoms with E-state index in [1.54, 1.807) is 59.7 Å². The molecule has 0 heterocycles. The van der Waals surface area contributed by atoms with Crippen LogP contribution in [-0.4, -0.2) is 38.7 Å². The molecule has 0 aliphatic carbocycles. The molecule has 9 heteroatoms. The van der Waals surface area contributed by atoms with Crippen molar-refractivity contribution in [3.05, 3.63) is 29.3 Å². The van der Waals surface area contributed by atoms with E-state index in [0.29, 0.717) is 11.1 Å². The van der Waals surface area contributed by atoms with E-state index in [0.717, 1.165) is 6.26 Å². The minimum atomic E-state index is -3.76. The zero-order valence-corrected chi connectivity index (χ0v) is 22.3. The Hall–Kier alpha value is -1.97. The highest BCUT2D eigenvalue weighted by molar-refractivity contribution is 7.86. The molecule has 0 amide bonds. The van der Waals surface area contributed by atoms with Gasteiger partial charge in [0.25, 0.3) is 10.1 Å². The van der Waals surface area contributed by atoms with Crippen LogP contribution in [0.3, 0.4) is 0 Å². The lowest BCUT2D eigenvalue weighted by molar-refractivity contribution is -0.154. The summed E-state index contributed by atoms with van der Waals surface area (Å²) in [7, 11) is -3.76. The molecule has 0 saturated heterocycles. The first-order valence-corrected chi connectivity index (χ1v) is 12.7. The Labute approximate surface area is 198 Å². The van der Waals surface area contributed by atoms with Crippen LogP contribution >= 0.6 is 0 Å². The Kier molecular flexibility index (Phi) is 9.27. The fraction of sp³-hybridized carbons (Fsp3) is 0.667. The third-order valence-corrected chi connectivity index (χ3v) is 4.93. The predicted molar refractivity (Wildman–Crippen MR) is 127 cm³/mol. The van der Waals surface area contributed by atoms with Crippen LogP contribution in [0.2, 0.25) is 0 Å². The minimum Gasteiger partial charge on any atom is -0.460 e. The van der Waals surface area contributed by atoms with Crippen molar-refractivity contribution in [2.24, 2.45) is 10.8 Å². The first-order valence-electron chi connectivity index (χ1n) is 10.8. The molecule has 0 aromatic heterocycles. The highest BCUT2D eigenvalue weighted by Crippen LogP contribution is 2.30. The van der Waals surface area contributed by atoms with Crippen molar-refractivity contribution in [2.45, 2.75) is 80.6 Å². The van der Waals surface area contributed by atoms with Gasteiger partial charge in [-0.3, -0.25) is 13.8 Å². The SMILES string of the molecule is CC(C)(C)NCC(OS(C)(=O)=O)c1ccc(OC(=O)C(C)(C)C)c(COC(=O)C(C)(C)C)c1. The third-order valence-electron chi connectivity index (χ3n) is 4.35. The summed E-state index contributed by atoms with van der Waals surface area (Å²) >= 11 is 0. The van der Waals surface area contributed by atoms with E-state index in [1.165, 1.54) is 0 Å². The molecule has 0 aliphatic heterocycles. The van der Waals surface area contributed by atoms with Gasteiger partial charge < -0.3 is 14.8 Å². The maximum Gasteiger partial charge on any atom is 0.316 e. The van der Waals surface area contributed by atoms with Gasteiger partial charge in [-0.25, -0.2) is 0 Å². The van der Waals surface area contributed by atoms with Crippen LogP contribution in [-0.2, 0) is 35.2 Å². The number of rotatable bonds is 8. The van der Waals surface area contributed by atoms with Crippen molar-refractivity contribution in [3.8, 4) is 5.75 Å². The van der Waals surface area contributed by atoms with E-state index in [4.69, 9.17) is 13.7 Å². The van der Waals surface area contributed by atoms with Gasteiger partial charge in [-0.1, -0.05) is 6.07 Å². The summed E-state index contributed by atoms with van der Waals surface area (Å²) in [5.41, 5.74) is -0.753. The number of carbonyl (C=O) groups excluding carboxylic acids is 2. The lowest BCUT2D eigenvalue weighted by Crippen LogP contribution is -2.39. The normalized spacial score (nSPS) is 14.0. The third kappa shape index (κ3) is 10.7. The molecule has 0 spiro atoms. The van der Waals surface area contributed by atoms with Gasteiger partial charge in [-0.05, 0) is 80.0 Å². The lowest BCUT2D eigenvalue weighted by atomic mass is 9.97. The van der Waals surface area contributed by atoms with Gasteiger partial charge in [0.15, 0.2) is 0 Å². The van der Waals surface area contributed by atoms with Crippen LogP contribution in [0, 0.1) is 10.8 Å². The molecule has 188 valence electrons. The summed E-state index contributed by atoms with van der Waals surface area (Å²) in [5, 5.41) is 3.24. The first kappa shape index (κ1) is 29.1. The van der Waals surface area contributed by atoms with Crippen LogP contribution in [0.4, 0.5) is 0 Å². The van der Waals surface area contributed by atoms with Crippen LogP contribution in [0.1, 0.15) is 79.5 Å². The molecule has 1 unspecified atom stereocenters. The van der Waals surface area contributed by atoms with Crippen LogP contribution in [0.5, 0.6) is 5.75 Å². The second-order valence-corrected chi connectivity index (χ2v) is 12.9. The second-order valence-electron chi connectivity index (χ2n) is 11.3. The smallest absolute Gasteiger partial charge is 0.316 e. The molecule has 8 nitrogen and oxygen atoms in total. The first-order chi connectivity index (χ1) is 14.7. The Morgan fingerprint density at radius 3 is 1.94 bits per heavy atom. The molecule has 0 radical (unpaired) electrons. The standard InChI is InChI=1S/C24H39NO7S/c1-22(2,3)20(26)30-15-17-13-16(11-12-18(17)31-21(27)23(4,5)6)19(32-33(10,28)29)14-25-24(7,8)9/h11-13,19,25H,14-15H2,1-10H3. The average Bonchev–Trinajstić information content (AvgIpc) is 2.60. The van der Waals surface area contributed by atoms with Gasteiger partial charge in [0.1, 0.15) is 18.5 Å². The fourth-order valence-corrected chi connectivity index (χ4v) is 3.04. The van der Waals surface area contributed by atoms with Gasteiger partial charge in [0, 0.05) is 17.6 Å². The van der Waals surface area contributed by atoms with Gasteiger partial charge in [-0.2, -0.15) is 8.42 Å². The van der Waals surface area contributed by atoms with Crippen molar-refractivity contribution in [3.63, 3.8) is 0 Å². The Morgan fingerprint density at radius 1 is 0.939 bits per heavy atom. The molecule has 1 aromatic carbocycles. The van der Waals surface area contributed by atoms with Gasteiger partial charge >= 0.3 is 11.9 Å². The molecule has 0 fully saturated rings. The van der Waals surface area contributed by atoms with E-state index >= 15 is 0 Å². The molecule has 0 aliphatic rings. The number of esters is 2. The maximum absolute atomic E-state index is 12.5. The van der Waals surface area contributed by atoms with E-state index in [2.05, 4.69) is 5.32 Å². The maximum atomic E-state index is 12.5. The summed E-state index contributed by atoms with van der Waals surface area (Å²) < 4.78 is 40.1. The zero-order chi connectivity index (χ0) is 25.8. The van der Waals surface area contributed by atoms with Gasteiger partial charge in [0.2, 0.25) is 0 Å². The average molecular weight is 486 g/mol. The number of benzene rings is 1. The number of hydrogen-bond acceptors (Lipinski definition) is 8. The van der Waals surface area contributed by atoms with E-state index in [1.807, 2.05) is 20.8 Å². The minimum absolute atomic E-state index is 0.144. The van der Waals surface area contributed by atoms with Crippen LogP contribution in [0.15, 0.2) is 18.2 Å². The molecular formula is C24H39NO7S. The molecule has 0 saturated carbocycles. The molecule has 0 bridgehead atoms. The van der Waals surface area contributed by atoms with Crippen LogP contribution in [0.25, 0.3) is 0 Å². The molecule has 33 heavy (non-hydrogen) atoms. The van der Waals surface area contributed by atoms with E-state index in [9.17, 15) is 18.0 Å². The zero-order valence-electron chi connectivity index (χ0n) is 21.5. The quantitative estimate of drug-likeness (QED) is 0.333. The molecular weight excluding hydrogens is 446 g/mol. The second kappa shape index (κ2) is 10.5. The number of carbonyl (C=O) groups is 2. The number of ether oxygens (including phenoxy) is 2. The van der Waals surface area contributed by atoms with Crippen molar-refractivity contribution in [1.82, 2.24) is 5.32 Å².